The van der Waals surface area contributed by atoms with Crippen molar-refractivity contribution in [3.63, 3.8) is 0 Å². The van der Waals surface area contributed by atoms with Gasteiger partial charge in [-0.05, 0) is 19.9 Å². The minimum atomic E-state index is -0.0451. The minimum Gasteiger partial charge on any atom is -0.393 e. The van der Waals surface area contributed by atoms with Crippen molar-refractivity contribution in [3.05, 3.63) is 18.0 Å². The Morgan fingerprint density at radius 2 is 2.29 bits per heavy atom. The van der Waals surface area contributed by atoms with E-state index in [9.17, 15) is 4.79 Å². The second-order valence-corrected chi connectivity index (χ2v) is 4.67. The van der Waals surface area contributed by atoms with Crippen LogP contribution in [0.4, 0.5) is 0 Å². The molecule has 1 aromatic heterocycles. The Kier molecular flexibility index (Phi) is 4.62. The Morgan fingerprint density at radius 3 is 2.71 bits per heavy atom. The molecule has 0 aliphatic carbocycles. The third-order valence-electron chi connectivity index (χ3n) is 2.52. The van der Waals surface area contributed by atoms with Crippen molar-refractivity contribution < 1.29 is 4.79 Å². The molecular weight excluding hydrogens is 236 g/mol. The lowest BCUT2D eigenvalue weighted by molar-refractivity contribution is 0.0700. The number of aryl methyl sites for hydroxylation is 1. The van der Waals surface area contributed by atoms with Gasteiger partial charge in [-0.15, -0.1) is 0 Å². The predicted octanol–water partition coefficient (Wildman–Crippen LogP) is 0.947. The molecule has 0 aliphatic rings. The molecule has 0 radical (unpaired) electrons. The summed E-state index contributed by atoms with van der Waals surface area (Å²) >= 11 is 4.84. The van der Waals surface area contributed by atoms with E-state index in [1.807, 2.05) is 13.8 Å². The molecule has 0 saturated carbocycles. The van der Waals surface area contributed by atoms with E-state index in [2.05, 4.69) is 5.10 Å². The van der Waals surface area contributed by atoms with Gasteiger partial charge >= 0.3 is 0 Å². The lowest BCUT2D eigenvalue weighted by atomic mass is 10.2. The van der Waals surface area contributed by atoms with Gasteiger partial charge in [-0.3, -0.25) is 9.48 Å². The highest BCUT2D eigenvalue weighted by molar-refractivity contribution is 7.80. The summed E-state index contributed by atoms with van der Waals surface area (Å²) in [6, 6.07) is 1.81. The van der Waals surface area contributed by atoms with Gasteiger partial charge in [0.25, 0.3) is 5.91 Å². The fourth-order valence-corrected chi connectivity index (χ4v) is 1.65. The van der Waals surface area contributed by atoms with E-state index in [1.54, 1.807) is 28.9 Å². The summed E-state index contributed by atoms with van der Waals surface area (Å²) in [5.41, 5.74) is 6.04. The number of nitrogens with zero attached hydrogens (tertiary/aromatic N) is 3. The number of carbonyl (C=O) groups excluding carboxylic acids is 1. The van der Waals surface area contributed by atoms with E-state index in [4.69, 9.17) is 18.0 Å². The van der Waals surface area contributed by atoms with Crippen molar-refractivity contribution in [1.29, 1.82) is 0 Å². The highest BCUT2D eigenvalue weighted by atomic mass is 32.1. The normalized spacial score (nSPS) is 10.6. The van der Waals surface area contributed by atoms with Gasteiger partial charge in [0.1, 0.15) is 5.69 Å². The van der Waals surface area contributed by atoms with E-state index in [0.717, 1.165) is 0 Å². The van der Waals surface area contributed by atoms with Crippen LogP contribution in [0.25, 0.3) is 0 Å². The monoisotopic (exact) mass is 254 g/mol. The van der Waals surface area contributed by atoms with E-state index >= 15 is 0 Å². The van der Waals surface area contributed by atoms with Gasteiger partial charge < -0.3 is 10.6 Å². The Bertz CT molecular complexity index is 413. The number of amides is 1. The van der Waals surface area contributed by atoms with Crippen LogP contribution in [0, 0.1) is 0 Å². The largest absolute Gasteiger partial charge is 0.393 e. The molecule has 1 aromatic rings. The molecule has 17 heavy (non-hydrogen) atoms. The van der Waals surface area contributed by atoms with Gasteiger partial charge in [-0.2, -0.15) is 5.10 Å². The number of thiocarbonyl (C=S) groups is 1. The molecule has 0 aliphatic heterocycles. The molecule has 0 fully saturated rings. The van der Waals surface area contributed by atoms with E-state index in [0.29, 0.717) is 23.6 Å². The number of hydrogen-bond acceptors (Lipinski definition) is 3. The molecule has 6 heteroatoms. The number of carbonyl (C=O) groups is 1. The molecule has 2 N–H and O–H groups in total. The summed E-state index contributed by atoms with van der Waals surface area (Å²) in [5.74, 6) is -0.0451. The van der Waals surface area contributed by atoms with Crippen LogP contribution in [-0.4, -0.2) is 38.2 Å². The van der Waals surface area contributed by atoms with Crippen LogP contribution in [0.3, 0.4) is 0 Å². The average Bonchev–Trinajstić information content (AvgIpc) is 2.63. The molecule has 94 valence electrons. The maximum absolute atomic E-state index is 12.3. The summed E-state index contributed by atoms with van der Waals surface area (Å²) in [5, 5.41) is 3.99. The number of hydrogen-bond donors (Lipinski definition) is 1. The molecule has 0 saturated heterocycles. The summed E-state index contributed by atoms with van der Waals surface area (Å²) < 4.78 is 1.57. The van der Waals surface area contributed by atoms with E-state index in [-0.39, 0.29) is 11.9 Å². The zero-order valence-electron chi connectivity index (χ0n) is 10.4. The molecule has 1 rings (SSSR count). The highest BCUT2D eigenvalue weighted by Gasteiger charge is 2.20. The first-order valence-electron chi connectivity index (χ1n) is 5.50. The van der Waals surface area contributed by atoms with Gasteiger partial charge in [0.05, 0.1) is 4.99 Å². The molecule has 0 aromatic carbocycles. The summed E-state index contributed by atoms with van der Waals surface area (Å²) in [4.78, 5) is 14.4. The first kappa shape index (κ1) is 13.6. The first-order chi connectivity index (χ1) is 7.93. The quantitative estimate of drug-likeness (QED) is 0.795. The zero-order chi connectivity index (χ0) is 13.0. The SMILES string of the molecule is CC(C)N(CCC(N)=S)C(=O)c1ccnn1C. The first-order valence-corrected chi connectivity index (χ1v) is 5.91. The molecule has 5 nitrogen and oxygen atoms in total. The fourth-order valence-electron chi connectivity index (χ4n) is 1.56. The smallest absolute Gasteiger partial charge is 0.272 e. The van der Waals surface area contributed by atoms with Crippen molar-refractivity contribution >= 4 is 23.1 Å². The minimum absolute atomic E-state index is 0.0451. The molecule has 0 atom stereocenters. The van der Waals surface area contributed by atoms with Gasteiger partial charge in [0, 0.05) is 32.3 Å². The van der Waals surface area contributed by atoms with Crippen LogP contribution in [0.2, 0.25) is 0 Å². The third kappa shape index (κ3) is 3.52. The second kappa shape index (κ2) is 5.77. The molecular formula is C11H18N4OS. The lowest BCUT2D eigenvalue weighted by Gasteiger charge is -2.26. The molecule has 1 heterocycles. The van der Waals surface area contributed by atoms with Crippen LogP contribution in [0.1, 0.15) is 30.8 Å². The lowest BCUT2D eigenvalue weighted by Crippen LogP contribution is -2.39. The molecule has 1 amide bonds. The van der Waals surface area contributed by atoms with E-state index < -0.39 is 0 Å². The number of nitrogens with two attached hydrogens (primary N) is 1. The van der Waals surface area contributed by atoms with Crippen LogP contribution >= 0.6 is 12.2 Å². The van der Waals surface area contributed by atoms with Crippen molar-refractivity contribution in [2.75, 3.05) is 6.54 Å². The van der Waals surface area contributed by atoms with Crippen LogP contribution in [0.15, 0.2) is 12.3 Å². The Morgan fingerprint density at radius 1 is 1.65 bits per heavy atom. The standard InChI is InChI=1S/C11H18N4OS/c1-8(2)15(7-5-10(12)17)11(16)9-4-6-13-14(9)3/h4,6,8H,5,7H2,1-3H3,(H2,12,17). The Hall–Kier alpha value is -1.43. The van der Waals surface area contributed by atoms with Gasteiger partial charge in [0.2, 0.25) is 0 Å². The fraction of sp³-hybridized carbons (Fsp3) is 0.545. The molecule has 0 unspecified atom stereocenters. The molecule has 0 bridgehead atoms. The van der Waals surface area contributed by atoms with Crippen molar-refractivity contribution in [3.8, 4) is 0 Å². The summed E-state index contributed by atoms with van der Waals surface area (Å²) in [7, 11) is 1.75. The van der Waals surface area contributed by atoms with Crippen LogP contribution < -0.4 is 5.73 Å². The van der Waals surface area contributed by atoms with Crippen molar-refractivity contribution in [2.24, 2.45) is 12.8 Å². The summed E-state index contributed by atoms with van der Waals surface area (Å²) in [6.45, 7) is 4.47. The van der Waals surface area contributed by atoms with Crippen molar-refractivity contribution in [1.82, 2.24) is 14.7 Å². The predicted molar refractivity (Wildman–Crippen MR) is 70.8 cm³/mol. The topological polar surface area (TPSA) is 64.2 Å². The summed E-state index contributed by atoms with van der Waals surface area (Å²) in [6.07, 6.45) is 2.15. The van der Waals surface area contributed by atoms with Gasteiger partial charge in [0.15, 0.2) is 0 Å². The average molecular weight is 254 g/mol. The number of aromatic nitrogens is 2. The van der Waals surface area contributed by atoms with Crippen LogP contribution in [0.5, 0.6) is 0 Å². The highest BCUT2D eigenvalue weighted by Crippen LogP contribution is 2.08. The van der Waals surface area contributed by atoms with Gasteiger partial charge in [-0.25, -0.2) is 0 Å². The third-order valence-corrected chi connectivity index (χ3v) is 2.73. The maximum atomic E-state index is 12.3. The Labute approximate surface area is 107 Å². The van der Waals surface area contributed by atoms with Crippen LogP contribution in [-0.2, 0) is 7.05 Å². The molecule has 0 spiro atoms. The maximum Gasteiger partial charge on any atom is 0.272 e. The van der Waals surface area contributed by atoms with Gasteiger partial charge in [-0.1, -0.05) is 12.2 Å². The van der Waals surface area contributed by atoms with E-state index in [1.165, 1.54) is 0 Å². The second-order valence-electron chi connectivity index (χ2n) is 4.15. The zero-order valence-corrected chi connectivity index (χ0v) is 11.2. The van der Waals surface area contributed by atoms with Crippen molar-refractivity contribution in [2.45, 2.75) is 26.3 Å². The Balaban J connectivity index is 2.81. The number of rotatable bonds is 5.